The second-order valence-electron chi connectivity index (χ2n) is 7.44. The van der Waals surface area contributed by atoms with Gasteiger partial charge in [-0.05, 0) is 36.0 Å². The first-order valence-electron chi connectivity index (χ1n) is 9.92. The lowest BCUT2D eigenvalue weighted by molar-refractivity contribution is 0.362. The summed E-state index contributed by atoms with van der Waals surface area (Å²) in [5.41, 5.74) is 1.67. The first-order chi connectivity index (χ1) is 11.1. The van der Waals surface area contributed by atoms with E-state index in [-0.39, 0.29) is 5.41 Å². The summed E-state index contributed by atoms with van der Waals surface area (Å²) in [6.07, 6.45) is 16.0. The van der Waals surface area contributed by atoms with Crippen LogP contribution in [0.4, 0.5) is 0 Å². The SMILES string of the molecule is CCCCCCCCC(C)(CCCCCC)c1ccc(O)cc1. The molecule has 1 aromatic rings. The van der Waals surface area contributed by atoms with Crippen molar-refractivity contribution in [1.82, 2.24) is 0 Å². The van der Waals surface area contributed by atoms with Gasteiger partial charge in [-0.25, -0.2) is 0 Å². The topological polar surface area (TPSA) is 20.2 Å². The maximum absolute atomic E-state index is 9.56. The van der Waals surface area contributed by atoms with Crippen molar-refractivity contribution in [3.05, 3.63) is 29.8 Å². The van der Waals surface area contributed by atoms with Crippen LogP contribution >= 0.6 is 0 Å². The Hall–Kier alpha value is -0.980. The van der Waals surface area contributed by atoms with E-state index in [0.717, 1.165) is 0 Å². The van der Waals surface area contributed by atoms with Crippen LogP contribution in [-0.4, -0.2) is 5.11 Å². The first kappa shape index (κ1) is 20.1. The molecule has 0 aliphatic rings. The number of unbranched alkanes of at least 4 members (excludes halogenated alkanes) is 8. The number of phenolic OH excluding ortho intramolecular Hbond substituents is 1. The van der Waals surface area contributed by atoms with Gasteiger partial charge in [0.2, 0.25) is 0 Å². The second kappa shape index (κ2) is 11.5. The third-order valence-corrected chi connectivity index (χ3v) is 5.23. The minimum absolute atomic E-state index is 0.270. The van der Waals surface area contributed by atoms with Gasteiger partial charge in [-0.2, -0.15) is 0 Å². The smallest absolute Gasteiger partial charge is 0.115 e. The molecule has 0 fully saturated rings. The summed E-state index contributed by atoms with van der Waals surface area (Å²) in [5.74, 6) is 0.377. The molecule has 1 unspecified atom stereocenters. The minimum Gasteiger partial charge on any atom is -0.508 e. The Labute approximate surface area is 144 Å². The van der Waals surface area contributed by atoms with Crippen LogP contribution in [0, 0.1) is 0 Å². The molecule has 1 rings (SSSR count). The lowest BCUT2D eigenvalue weighted by Gasteiger charge is -2.31. The molecule has 0 aliphatic heterocycles. The molecule has 1 N–H and O–H groups in total. The van der Waals surface area contributed by atoms with E-state index in [1.165, 1.54) is 82.6 Å². The average molecular weight is 319 g/mol. The number of hydrogen-bond acceptors (Lipinski definition) is 1. The third-order valence-electron chi connectivity index (χ3n) is 5.23. The van der Waals surface area contributed by atoms with Gasteiger partial charge in [0.25, 0.3) is 0 Å². The lowest BCUT2D eigenvalue weighted by atomic mass is 9.74. The van der Waals surface area contributed by atoms with Crippen molar-refractivity contribution in [3.8, 4) is 5.75 Å². The number of benzene rings is 1. The van der Waals surface area contributed by atoms with E-state index in [4.69, 9.17) is 0 Å². The van der Waals surface area contributed by atoms with Crippen LogP contribution in [0.3, 0.4) is 0 Å². The van der Waals surface area contributed by atoms with Gasteiger partial charge >= 0.3 is 0 Å². The fourth-order valence-corrected chi connectivity index (χ4v) is 3.51. The van der Waals surface area contributed by atoms with Gasteiger partial charge in [-0.1, -0.05) is 97.1 Å². The Morgan fingerprint density at radius 2 is 1.13 bits per heavy atom. The highest BCUT2D eigenvalue weighted by Gasteiger charge is 2.25. The molecule has 1 heteroatoms. The number of aromatic hydroxyl groups is 1. The molecule has 0 spiro atoms. The van der Waals surface area contributed by atoms with Gasteiger partial charge < -0.3 is 5.11 Å². The van der Waals surface area contributed by atoms with E-state index in [2.05, 4.69) is 32.9 Å². The van der Waals surface area contributed by atoms with Crippen LogP contribution in [0.5, 0.6) is 5.75 Å². The van der Waals surface area contributed by atoms with E-state index < -0.39 is 0 Å². The lowest BCUT2D eigenvalue weighted by Crippen LogP contribution is -2.22. The molecule has 0 bridgehead atoms. The average Bonchev–Trinajstić information content (AvgIpc) is 2.55. The summed E-state index contributed by atoms with van der Waals surface area (Å²) in [4.78, 5) is 0. The van der Waals surface area contributed by atoms with Crippen LogP contribution in [0.2, 0.25) is 0 Å². The highest BCUT2D eigenvalue weighted by molar-refractivity contribution is 5.31. The molecule has 1 nitrogen and oxygen atoms in total. The maximum Gasteiger partial charge on any atom is 0.115 e. The van der Waals surface area contributed by atoms with Crippen molar-refractivity contribution in [1.29, 1.82) is 0 Å². The fraction of sp³-hybridized carbons (Fsp3) is 0.727. The van der Waals surface area contributed by atoms with E-state index in [1.54, 1.807) is 0 Å². The van der Waals surface area contributed by atoms with Gasteiger partial charge in [0.1, 0.15) is 5.75 Å². The summed E-state index contributed by atoms with van der Waals surface area (Å²) in [5, 5.41) is 9.56. The molecule has 0 saturated carbocycles. The third kappa shape index (κ3) is 7.90. The Morgan fingerprint density at radius 1 is 0.696 bits per heavy atom. The molecule has 1 atom stereocenters. The monoisotopic (exact) mass is 318 g/mol. The summed E-state index contributed by atoms with van der Waals surface area (Å²) >= 11 is 0. The van der Waals surface area contributed by atoms with Crippen LogP contribution in [0.1, 0.15) is 103 Å². The minimum atomic E-state index is 0.270. The molecule has 0 heterocycles. The predicted molar refractivity (Wildman–Crippen MR) is 102 cm³/mol. The van der Waals surface area contributed by atoms with Crippen molar-refractivity contribution >= 4 is 0 Å². The Bertz CT molecular complexity index is 395. The summed E-state index contributed by atoms with van der Waals surface area (Å²) in [7, 11) is 0. The van der Waals surface area contributed by atoms with E-state index in [9.17, 15) is 5.11 Å². The Balaban J connectivity index is 2.55. The van der Waals surface area contributed by atoms with Crippen LogP contribution in [-0.2, 0) is 5.41 Å². The fourth-order valence-electron chi connectivity index (χ4n) is 3.51. The van der Waals surface area contributed by atoms with E-state index in [0.29, 0.717) is 5.75 Å². The van der Waals surface area contributed by atoms with E-state index in [1.807, 2.05) is 12.1 Å². The van der Waals surface area contributed by atoms with Crippen molar-refractivity contribution in [2.24, 2.45) is 0 Å². The van der Waals surface area contributed by atoms with Crippen LogP contribution in [0.15, 0.2) is 24.3 Å². The Morgan fingerprint density at radius 3 is 1.65 bits per heavy atom. The molecule has 0 aromatic heterocycles. The number of rotatable bonds is 13. The summed E-state index contributed by atoms with van der Waals surface area (Å²) < 4.78 is 0. The Kier molecular flexibility index (Phi) is 10.1. The van der Waals surface area contributed by atoms with Crippen LogP contribution in [0.25, 0.3) is 0 Å². The summed E-state index contributed by atoms with van der Waals surface area (Å²) in [6, 6.07) is 7.96. The maximum atomic E-state index is 9.56. The molecule has 0 aliphatic carbocycles. The molecule has 0 saturated heterocycles. The van der Waals surface area contributed by atoms with Crippen molar-refractivity contribution in [2.45, 2.75) is 103 Å². The molecule has 0 amide bonds. The second-order valence-corrected chi connectivity index (χ2v) is 7.44. The molecule has 1 aromatic carbocycles. The van der Waals surface area contributed by atoms with Gasteiger partial charge in [0.05, 0.1) is 0 Å². The van der Waals surface area contributed by atoms with Gasteiger partial charge in [-0.3, -0.25) is 0 Å². The van der Waals surface area contributed by atoms with Crippen LogP contribution < -0.4 is 0 Å². The highest BCUT2D eigenvalue weighted by Crippen LogP contribution is 2.36. The quantitative estimate of drug-likeness (QED) is 0.376. The standard InChI is InChI=1S/C22H38O/c1-4-6-8-10-11-13-19-22(3,18-12-9-7-5-2)20-14-16-21(23)17-15-20/h14-17,23H,4-13,18-19H2,1-3H3. The largest absolute Gasteiger partial charge is 0.508 e. The highest BCUT2D eigenvalue weighted by atomic mass is 16.3. The molecule has 132 valence electrons. The van der Waals surface area contributed by atoms with Gasteiger partial charge in [0, 0.05) is 0 Å². The molecular weight excluding hydrogens is 280 g/mol. The van der Waals surface area contributed by atoms with Gasteiger partial charge in [0.15, 0.2) is 0 Å². The first-order valence-corrected chi connectivity index (χ1v) is 9.92. The zero-order valence-corrected chi connectivity index (χ0v) is 15.7. The van der Waals surface area contributed by atoms with Crippen molar-refractivity contribution < 1.29 is 5.11 Å². The number of phenols is 1. The van der Waals surface area contributed by atoms with Crippen molar-refractivity contribution in [3.63, 3.8) is 0 Å². The van der Waals surface area contributed by atoms with Gasteiger partial charge in [-0.15, -0.1) is 0 Å². The normalized spacial score (nSPS) is 13.9. The van der Waals surface area contributed by atoms with E-state index >= 15 is 0 Å². The molecular formula is C22H38O. The van der Waals surface area contributed by atoms with Crippen molar-refractivity contribution in [2.75, 3.05) is 0 Å². The molecule has 0 radical (unpaired) electrons. The number of hydrogen-bond donors (Lipinski definition) is 1. The predicted octanol–water partition coefficient (Wildman–Crippen LogP) is 7.37. The summed E-state index contributed by atoms with van der Waals surface area (Å²) in [6.45, 7) is 6.98. The zero-order valence-electron chi connectivity index (χ0n) is 15.7. The zero-order chi connectivity index (χ0) is 17.0. The molecule has 23 heavy (non-hydrogen) atoms.